The van der Waals surface area contributed by atoms with Gasteiger partial charge in [0.25, 0.3) is 0 Å². The fourth-order valence-corrected chi connectivity index (χ4v) is 4.94. The van der Waals surface area contributed by atoms with E-state index in [0.717, 1.165) is 18.4 Å². The molecular formula is C36H61NO7. The number of carbonyl (C=O) groups excluding carboxylic acids is 3. The number of unbranched alkanes of at least 4 members (excludes halogenated alkanes) is 12. The maximum absolute atomic E-state index is 12.3. The highest BCUT2D eigenvalue weighted by Gasteiger charge is 2.10. The standard InChI is InChI=1S/C36H61NO7/c1-4-7-8-9-10-11-12-13-14-15-16-17-18-21-34(38)37-27-26-31-24-25-32(43-28-19-22-35(39)41-5-2)33(30-31)44-29-20-23-36(40)42-6-3/h24-25,30H,4-23,26-29H2,1-3H3,(H,37,38). The molecule has 0 spiro atoms. The second-order valence-electron chi connectivity index (χ2n) is 11.4. The third-order valence-electron chi connectivity index (χ3n) is 7.43. The molecule has 0 aliphatic carbocycles. The highest BCUT2D eigenvalue weighted by Crippen LogP contribution is 2.29. The van der Waals surface area contributed by atoms with Gasteiger partial charge in [0, 0.05) is 25.8 Å². The minimum absolute atomic E-state index is 0.102. The van der Waals surface area contributed by atoms with Crippen molar-refractivity contribution in [1.29, 1.82) is 0 Å². The van der Waals surface area contributed by atoms with Crippen LogP contribution in [0.3, 0.4) is 0 Å². The van der Waals surface area contributed by atoms with Crippen molar-refractivity contribution >= 4 is 17.8 Å². The Kier molecular flexibility index (Phi) is 24.8. The number of ether oxygens (including phenoxy) is 4. The smallest absolute Gasteiger partial charge is 0.305 e. The van der Waals surface area contributed by atoms with E-state index in [1.54, 1.807) is 13.8 Å². The van der Waals surface area contributed by atoms with Crippen LogP contribution in [0.2, 0.25) is 0 Å². The van der Waals surface area contributed by atoms with Crippen LogP contribution < -0.4 is 14.8 Å². The van der Waals surface area contributed by atoms with E-state index in [1.165, 1.54) is 70.6 Å². The molecule has 1 N–H and O–H groups in total. The van der Waals surface area contributed by atoms with Crippen LogP contribution in [-0.2, 0) is 30.3 Å². The second kappa shape index (κ2) is 27.8. The molecule has 1 aromatic rings. The first kappa shape index (κ1) is 39.3. The summed E-state index contributed by atoms with van der Waals surface area (Å²) in [6.45, 7) is 7.82. The molecule has 1 aromatic carbocycles. The average molecular weight is 620 g/mol. The van der Waals surface area contributed by atoms with Gasteiger partial charge >= 0.3 is 11.9 Å². The summed E-state index contributed by atoms with van der Waals surface area (Å²) in [6.07, 6.45) is 19.7. The predicted molar refractivity (Wildman–Crippen MR) is 176 cm³/mol. The number of benzene rings is 1. The second-order valence-corrected chi connectivity index (χ2v) is 11.4. The highest BCUT2D eigenvalue weighted by molar-refractivity contribution is 5.75. The SMILES string of the molecule is CCCCCCCCCCCCCCCC(=O)NCCc1ccc(OCCCC(=O)OCC)c(OCCCC(=O)OCC)c1. The monoisotopic (exact) mass is 619 g/mol. The molecule has 0 fully saturated rings. The lowest BCUT2D eigenvalue weighted by atomic mass is 10.0. The van der Waals surface area contributed by atoms with Crippen LogP contribution in [0.25, 0.3) is 0 Å². The van der Waals surface area contributed by atoms with Gasteiger partial charge in [-0.2, -0.15) is 0 Å². The van der Waals surface area contributed by atoms with E-state index < -0.39 is 0 Å². The Bertz CT molecular complexity index is 889. The summed E-state index contributed by atoms with van der Waals surface area (Å²) in [5, 5.41) is 3.04. The maximum atomic E-state index is 12.3. The van der Waals surface area contributed by atoms with Gasteiger partial charge in [-0.05, 0) is 57.2 Å². The Balaban J connectivity index is 2.33. The average Bonchev–Trinajstić information content (AvgIpc) is 3.01. The summed E-state index contributed by atoms with van der Waals surface area (Å²) >= 11 is 0. The fraction of sp³-hybridized carbons (Fsp3) is 0.750. The first-order valence-electron chi connectivity index (χ1n) is 17.5. The summed E-state index contributed by atoms with van der Waals surface area (Å²) < 4.78 is 21.8. The molecule has 0 bridgehead atoms. The third kappa shape index (κ3) is 21.8. The van der Waals surface area contributed by atoms with Crippen molar-refractivity contribution in [3.8, 4) is 11.5 Å². The molecule has 1 rings (SSSR count). The van der Waals surface area contributed by atoms with Gasteiger partial charge in [-0.25, -0.2) is 0 Å². The van der Waals surface area contributed by atoms with Crippen LogP contribution in [0.5, 0.6) is 11.5 Å². The van der Waals surface area contributed by atoms with Gasteiger partial charge in [-0.3, -0.25) is 14.4 Å². The number of amides is 1. The van der Waals surface area contributed by atoms with E-state index in [9.17, 15) is 14.4 Å². The van der Waals surface area contributed by atoms with E-state index in [1.807, 2.05) is 18.2 Å². The summed E-state index contributed by atoms with van der Waals surface area (Å²) in [5.41, 5.74) is 1.02. The Labute approximate surface area is 267 Å². The number of nitrogens with one attached hydrogen (secondary N) is 1. The van der Waals surface area contributed by atoms with Gasteiger partial charge in [0.1, 0.15) is 0 Å². The normalized spacial score (nSPS) is 10.8. The number of rotatable bonds is 29. The summed E-state index contributed by atoms with van der Waals surface area (Å²) in [5.74, 6) is 0.791. The molecule has 0 aliphatic rings. The largest absolute Gasteiger partial charge is 0.490 e. The molecule has 8 nitrogen and oxygen atoms in total. The summed E-state index contributed by atoms with van der Waals surface area (Å²) in [7, 11) is 0. The molecule has 44 heavy (non-hydrogen) atoms. The molecule has 8 heteroatoms. The lowest BCUT2D eigenvalue weighted by Crippen LogP contribution is -2.25. The van der Waals surface area contributed by atoms with Gasteiger partial charge in [-0.15, -0.1) is 0 Å². The Morgan fingerprint density at radius 3 is 1.61 bits per heavy atom. The molecule has 0 unspecified atom stereocenters. The van der Waals surface area contributed by atoms with E-state index >= 15 is 0 Å². The van der Waals surface area contributed by atoms with Crippen molar-refractivity contribution < 1.29 is 33.3 Å². The zero-order valence-electron chi connectivity index (χ0n) is 28.1. The summed E-state index contributed by atoms with van der Waals surface area (Å²) in [4.78, 5) is 35.6. The van der Waals surface area contributed by atoms with Crippen LogP contribution in [0.15, 0.2) is 18.2 Å². The van der Waals surface area contributed by atoms with Crippen LogP contribution in [0, 0.1) is 0 Å². The molecular weight excluding hydrogens is 558 g/mol. The van der Waals surface area contributed by atoms with Crippen molar-refractivity contribution in [2.45, 2.75) is 143 Å². The van der Waals surface area contributed by atoms with Gasteiger partial charge in [0.15, 0.2) is 11.5 Å². The first-order valence-corrected chi connectivity index (χ1v) is 17.5. The molecule has 252 valence electrons. The Morgan fingerprint density at radius 2 is 1.09 bits per heavy atom. The highest BCUT2D eigenvalue weighted by atomic mass is 16.5. The van der Waals surface area contributed by atoms with E-state index in [0.29, 0.717) is 76.6 Å². The number of esters is 2. The minimum Gasteiger partial charge on any atom is -0.490 e. The minimum atomic E-state index is -0.241. The predicted octanol–water partition coefficient (Wildman–Crippen LogP) is 8.27. The van der Waals surface area contributed by atoms with Gasteiger partial charge in [0.05, 0.1) is 26.4 Å². The topological polar surface area (TPSA) is 100 Å². The number of hydrogen-bond acceptors (Lipinski definition) is 7. The molecule has 0 radical (unpaired) electrons. The van der Waals surface area contributed by atoms with Crippen LogP contribution in [0.4, 0.5) is 0 Å². The van der Waals surface area contributed by atoms with Crippen LogP contribution >= 0.6 is 0 Å². The molecule has 0 aliphatic heterocycles. The van der Waals surface area contributed by atoms with Crippen LogP contribution in [0.1, 0.15) is 142 Å². The van der Waals surface area contributed by atoms with Crippen molar-refractivity contribution in [2.24, 2.45) is 0 Å². The quantitative estimate of drug-likeness (QED) is 0.0711. The zero-order chi connectivity index (χ0) is 32.1. The number of carbonyl (C=O) groups is 3. The fourth-order valence-electron chi connectivity index (χ4n) is 4.94. The van der Waals surface area contributed by atoms with E-state index in [2.05, 4.69) is 12.2 Å². The molecule has 1 amide bonds. The molecule has 0 aromatic heterocycles. The maximum Gasteiger partial charge on any atom is 0.305 e. The number of hydrogen-bond donors (Lipinski definition) is 1. The van der Waals surface area contributed by atoms with E-state index in [4.69, 9.17) is 18.9 Å². The van der Waals surface area contributed by atoms with Crippen molar-refractivity contribution in [3.05, 3.63) is 23.8 Å². The Hall–Kier alpha value is -2.77. The lowest BCUT2D eigenvalue weighted by molar-refractivity contribution is -0.144. The molecule has 0 saturated carbocycles. The first-order chi connectivity index (χ1) is 21.5. The molecule has 0 saturated heterocycles. The van der Waals surface area contributed by atoms with Crippen molar-refractivity contribution in [3.63, 3.8) is 0 Å². The lowest BCUT2D eigenvalue weighted by Gasteiger charge is -2.15. The van der Waals surface area contributed by atoms with Crippen molar-refractivity contribution in [1.82, 2.24) is 5.32 Å². The van der Waals surface area contributed by atoms with Gasteiger partial charge in [0.2, 0.25) is 5.91 Å². The van der Waals surface area contributed by atoms with Gasteiger partial charge in [-0.1, -0.05) is 90.0 Å². The van der Waals surface area contributed by atoms with E-state index in [-0.39, 0.29) is 24.3 Å². The third-order valence-corrected chi connectivity index (χ3v) is 7.43. The molecule has 0 atom stereocenters. The molecule has 0 heterocycles. The van der Waals surface area contributed by atoms with Gasteiger partial charge < -0.3 is 24.3 Å². The summed E-state index contributed by atoms with van der Waals surface area (Å²) in [6, 6.07) is 5.74. The Morgan fingerprint density at radius 1 is 0.591 bits per heavy atom. The van der Waals surface area contributed by atoms with Crippen molar-refractivity contribution in [2.75, 3.05) is 33.0 Å². The zero-order valence-corrected chi connectivity index (χ0v) is 28.1. The van der Waals surface area contributed by atoms with Crippen LogP contribution in [-0.4, -0.2) is 50.8 Å².